The molecular formula is C36H52O15. The largest absolute Gasteiger partial charge is 0.489 e. The molecule has 1 aromatic carbocycles. The molecule has 0 spiro atoms. The van der Waals surface area contributed by atoms with E-state index in [9.17, 15) is 45.6 Å². The van der Waals surface area contributed by atoms with Gasteiger partial charge in [-0.3, -0.25) is 0 Å². The van der Waals surface area contributed by atoms with Crippen LogP contribution >= 0.6 is 0 Å². The van der Waals surface area contributed by atoms with Crippen LogP contribution in [0.15, 0.2) is 62.8 Å². The average molecular weight is 725 g/mol. The summed E-state index contributed by atoms with van der Waals surface area (Å²) in [5, 5.41) is 83.1. The van der Waals surface area contributed by atoms with Gasteiger partial charge in [0.25, 0.3) is 0 Å². The van der Waals surface area contributed by atoms with Gasteiger partial charge in [-0.05, 0) is 77.7 Å². The maximum atomic E-state index is 11.5. The topological polar surface area (TPSA) is 238 Å². The molecule has 3 heterocycles. The molecule has 2 aromatic rings. The number of hydrogen-bond acceptors (Lipinski definition) is 15. The molecule has 0 radical (unpaired) electrons. The van der Waals surface area contributed by atoms with E-state index < -0.39 is 92.0 Å². The van der Waals surface area contributed by atoms with Gasteiger partial charge in [-0.2, -0.15) is 0 Å². The number of rotatable bonds is 16. The molecule has 0 unspecified atom stereocenters. The lowest BCUT2D eigenvalue weighted by Gasteiger charge is -2.45. The molecule has 0 bridgehead atoms. The number of fused-ring (bicyclic) bond motifs is 1. The van der Waals surface area contributed by atoms with Gasteiger partial charge >= 0.3 is 5.63 Å². The van der Waals surface area contributed by atoms with Gasteiger partial charge in [-0.25, -0.2) is 4.79 Å². The zero-order valence-electron chi connectivity index (χ0n) is 29.3. The van der Waals surface area contributed by atoms with E-state index in [1.165, 1.54) is 6.07 Å². The summed E-state index contributed by atoms with van der Waals surface area (Å²) in [4.78, 5) is 11.5. The molecule has 15 heteroatoms. The second kappa shape index (κ2) is 18.3. The van der Waals surface area contributed by atoms with E-state index in [0.717, 1.165) is 29.4 Å². The highest BCUT2D eigenvalue weighted by molar-refractivity contribution is 5.77. The zero-order chi connectivity index (χ0) is 37.5. The molecule has 0 saturated carbocycles. The Labute approximate surface area is 295 Å². The Morgan fingerprint density at radius 1 is 0.843 bits per heavy atom. The Morgan fingerprint density at radius 3 is 2.18 bits per heavy atom. The van der Waals surface area contributed by atoms with Crippen molar-refractivity contribution in [3.05, 3.63) is 64.1 Å². The Kier molecular flexibility index (Phi) is 14.7. The Balaban J connectivity index is 1.22. The Morgan fingerprint density at radius 2 is 1.47 bits per heavy atom. The summed E-state index contributed by atoms with van der Waals surface area (Å²) in [5.41, 5.74) is 0.984. The SMILES string of the molecule is C/C(=C\COc1ccc2ccc(=O)oc2c1)CC/C=C(\C)CC[C@H](O)C(C)(C)O[C@@H]1O[C@H](CO[C@@H]2O[C@H](CO)[C@@H](O)[C@H](O)[C@H]2O)[C@@H](O)[C@H](O)[C@H]1O. The first-order chi connectivity index (χ1) is 24.1. The number of aliphatic hydroxyl groups is 8. The van der Waals surface area contributed by atoms with Crippen LogP contribution in [0.3, 0.4) is 0 Å². The van der Waals surface area contributed by atoms with Gasteiger partial charge in [-0.1, -0.05) is 17.2 Å². The van der Waals surface area contributed by atoms with Gasteiger partial charge in [0, 0.05) is 17.5 Å². The molecule has 15 nitrogen and oxygen atoms in total. The van der Waals surface area contributed by atoms with Crippen LogP contribution in [-0.2, 0) is 18.9 Å². The van der Waals surface area contributed by atoms with Gasteiger partial charge in [0.2, 0.25) is 0 Å². The highest BCUT2D eigenvalue weighted by atomic mass is 16.7. The molecule has 8 N–H and O–H groups in total. The third-order valence-electron chi connectivity index (χ3n) is 9.28. The van der Waals surface area contributed by atoms with Gasteiger partial charge in [-0.15, -0.1) is 0 Å². The van der Waals surface area contributed by atoms with Crippen molar-refractivity contribution >= 4 is 11.0 Å². The molecule has 11 atom stereocenters. The minimum absolute atomic E-state index is 0.321. The van der Waals surface area contributed by atoms with Gasteiger partial charge in [0.15, 0.2) is 12.6 Å². The van der Waals surface area contributed by atoms with Crippen molar-refractivity contribution in [1.82, 2.24) is 0 Å². The number of benzene rings is 1. The first-order valence-electron chi connectivity index (χ1n) is 17.1. The minimum Gasteiger partial charge on any atom is -0.489 e. The van der Waals surface area contributed by atoms with E-state index in [1.807, 2.05) is 32.1 Å². The molecule has 0 amide bonds. The molecular weight excluding hydrogens is 672 g/mol. The van der Waals surface area contributed by atoms with Crippen LogP contribution in [0.25, 0.3) is 11.0 Å². The van der Waals surface area contributed by atoms with E-state index in [4.69, 9.17) is 28.1 Å². The standard InChI is InChI=1S/C36H52O15/c1-19(6-5-7-20(2)14-15-46-22-11-9-21-10-13-27(39)48-23(21)16-22)8-12-26(38)36(3,4)51-35-33(45)31(43)29(41)25(50-35)18-47-34-32(44)30(42)28(40)24(17-37)49-34/h6,9-11,13-14,16,24-26,28-35,37-38,40-45H,5,7-8,12,15,17-18H2,1-4H3/b19-6+,20-14+/t24-,25-,26+,28-,29-,30+,31+,32-,33-,34-,35+/m1/s1. The predicted molar refractivity (Wildman–Crippen MR) is 182 cm³/mol. The van der Waals surface area contributed by atoms with Crippen molar-refractivity contribution in [2.45, 2.75) is 126 Å². The molecule has 2 fully saturated rings. The first kappa shape index (κ1) is 41.0. The summed E-state index contributed by atoms with van der Waals surface area (Å²) in [7, 11) is 0. The van der Waals surface area contributed by atoms with Crippen molar-refractivity contribution in [3.8, 4) is 5.75 Å². The monoisotopic (exact) mass is 724 g/mol. The molecule has 51 heavy (non-hydrogen) atoms. The second-order valence-corrected chi connectivity index (χ2v) is 13.7. The van der Waals surface area contributed by atoms with Crippen LogP contribution in [0.4, 0.5) is 0 Å². The summed E-state index contributed by atoms with van der Waals surface area (Å²) in [6, 6.07) is 8.41. The van der Waals surface area contributed by atoms with Gasteiger partial charge in [0.05, 0.1) is 24.9 Å². The first-order valence-corrected chi connectivity index (χ1v) is 17.1. The van der Waals surface area contributed by atoms with Crippen LogP contribution in [0.2, 0.25) is 0 Å². The van der Waals surface area contributed by atoms with Crippen molar-refractivity contribution in [2.75, 3.05) is 19.8 Å². The number of hydrogen-bond donors (Lipinski definition) is 8. The molecule has 2 aliphatic heterocycles. The van der Waals surface area contributed by atoms with Crippen molar-refractivity contribution in [3.63, 3.8) is 0 Å². The van der Waals surface area contributed by atoms with Crippen LogP contribution in [0, 0.1) is 0 Å². The molecule has 0 aliphatic carbocycles. The van der Waals surface area contributed by atoms with Crippen molar-refractivity contribution in [1.29, 1.82) is 0 Å². The highest BCUT2D eigenvalue weighted by Crippen LogP contribution is 2.30. The highest BCUT2D eigenvalue weighted by Gasteiger charge is 2.49. The van der Waals surface area contributed by atoms with Crippen LogP contribution in [-0.4, -0.2) is 134 Å². The fraction of sp³-hybridized carbons (Fsp3) is 0.639. The molecule has 2 saturated heterocycles. The normalized spacial score (nSPS) is 31.5. The number of ether oxygens (including phenoxy) is 5. The van der Waals surface area contributed by atoms with Crippen LogP contribution < -0.4 is 10.4 Å². The quantitative estimate of drug-likeness (QED) is 0.0864. The second-order valence-electron chi connectivity index (χ2n) is 13.7. The summed E-state index contributed by atoms with van der Waals surface area (Å²) in [6.45, 7) is 6.40. The van der Waals surface area contributed by atoms with E-state index in [-0.39, 0.29) is 0 Å². The maximum absolute atomic E-state index is 11.5. The van der Waals surface area contributed by atoms with E-state index >= 15 is 0 Å². The third-order valence-corrected chi connectivity index (χ3v) is 9.28. The minimum atomic E-state index is -1.71. The molecule has 1 aromatic heterocycles. The van der Waals surface area contributed by atoms with Gasteiger partial charge in [0.1, 0.15) is 66.8 Å². The van der Waals surface area contributed by atoms with Crippen LogP contribution in [0.1, 0.15) is 53.4 Å². The van der Waals surface area contributed by atoms with E-state index in [2.05, 4.69) is 6.08 Å². The van der Waals surface area contributed by atoms with Crippen LogP contribution in [0.5, 0.6) is 5.75 Å². The van der Waals surface area contributed by atoms with Gasteiger partial charge < -0.3 is 69.0 Å². The number of aliphatic hydroxyl groups excluding tert-OH is 8. The van der Waals surface area contributed by atoms with E-state index in [0.29, 0.717) is 30.8 Å². The zero-order valence-corrected chi connectivity index (χ0v) is 29.3. The fourth-order valence-electron chi connectivity index (χ4n) is 5.80. The average Bonchev–Trinajstić information content (AvgIpc) is 3.09. The fourth-order valence-corrected chi connectivity index (χ4v) is 5.80. The van der Waals surface area contributed by atoms with Crippen molar-refractivity contribution < 1.29 is 69.0 Å². The molecule has 2 aliphatic rings. The lowest BCUT2D eigenvalue weighted by Crippen LogP contribution is -2.62. The smallest absolute Gasteiger partial charge is 0.336 e. The third kappa shape index (κ3) is 10.9. The number of allylic oxidation sites excluding steroid dienone is 3. The Bertz CT molecular complexity index is 1520. The van der Waals surface area contributed by atoms with Crippen molar-refractivity contribution in [2.24, 2.45) is 0 Å². The summed E-state index contributed by atoms with van der Waals surface area (Å²) >= 11 is 0. The summed E-state index contributed by atoms with van der Waals surface area (Å²) in [6.07, 6.45) is -9.91. The summed E-state index contributed by atoms with van der Waals surface area (Å²) in [5.74, 6) is 0.598. The van der Waals surface area contributed by atoms with E-state index in [1.54, 1.807) is 26.0 Å². The Hall–Kier alpha value is -2.77. The summed E-state index contributed by atoms with van der Waals surface area (Å²) < 4.78 is 33.4. The molecule has 286 valence electrons. The lowest BCUT2D eigenvalue weighted by molar-refractivity contribution is -0.347. The maximum Gasteiger partial charge on any atom is 0.336 e. The molecule has 4 rings (SSSR count). The lowest BCUT2D eigenvalue weighted by atomic mass is 9.94. The predicted octanol–water partition coefficient (Wildman–Crippen LogP) is 0.405.